The van der Waals surface area contributed by atoms with Gasteiger partial charge in [-0.2, -0.15) is 61.5 Å². The van der Waals surface area contributed by atoms with Crippen molar-refractivity contribution in [3.05, 3.63) is 11.4 Å². The fourth-order valence-corrected chi connectivity index (χ4v) is 1.28. The lowest BCUT2D eigenvalue weighted by atomic mass is 9.86. The summed E-state index contributed by atoms with van der Waals surface area (Å²) < 4.78 is 196. The zero-order valence-corrected chi connectivity index (χ0v) is 10.0. The number of hydrogen-bond acceptors (Lipinski definition) is 0. The molecule has 0 aliphatic carbocycles. The zero-order valence-electron chi connectivity index (χ0n) is 10.0. The Hall–Kier alpha value is -1.38. The number of halogens is 16. The third-order valence-corrected chi connectivity index (χ3v) is 2.28. The Morgan fingerprint density at radius 2 is 0.792 bits per heavy atom. The number of hydrogen-bond donors (Lipinski definition) is 0. The van der Waals surface area contributed by atoms with Gasteiger partial charge in [-0.25, -0.2) is 8.78 Å². The van der Waals surface area contributed by atoms with E-state index in [1.54, 1.807) is 0 Å². The summed E-state index contributed by atoms with van der Waals surface area (Å²) in [4.78, 5) is 0. The van der Waals surface area contributed by atoms with Crippen LogP contribution >= 0.6 is 0 Å². The van der Waals surface area contributed by atoms with Gasteiger partial charge in [0.2, 0.25) is 5.83 Å². The molecule has 1 unspecified atom stereocenters. The van der Waals surface area contributed by atoms with E-state index in [4.69, 9.17) is 0 Å². The first-order chi connectivity index (χ1) is 10.0. The molecule has 0 saturated heterocycles. The lowest BCUT2D eigenvalue weighted by Gasteiger charge is -2.38. The molecule has 0 fully saturated rings. The lowest BCUT2D eigenvalue weighted by molar-refractivity contribution is -0.380. The molecule has 0 aromatic carbocycles. The van der Waals surface area contributed by atoms with Gasteiger partial charge < -0.3 is 0 Å². The van der Waals surface area contributed by atoms with Gasteiger partial charge in [-0.05, 0) is 0 Å². The minimum Gasteiger partial charge on any atom is -0.221 e. The summed E-state index contributed by atoms with van der Waals surface area (Å²) in [6.45, 7) is 0. The Kier molecular flexibility index (Phi) is 5.25. The molecule has 144 valence electrons. The van der Waals surface area contributed by atoms with Crippen molar-refractivity contribution in [2.75, 3.05) is 0 Å². The summed E-state index contributed by atoms with van der Waals surface area (Å²) in [6, 6.07) is 0. The second kappa shape index (κ2) is 5.57. The van der Waals surface area contributed by atoms with Crippen molar-refractivity contribution in [2.45, 2.75) is 36.3 Å². The first-order valence-electron chi connectivity index (χ1n) is 4.77. The van der Waals surface area contributed by atoms with Gasteiger partial charge in [0.1, 0.15) is 5.57 Å². The maximum absolute atomic E-state index is 13.4. The Labute approximate surface area is 119 Å². The molecule has 0 N–H and O–H groups in total. The van der Waals surface area contributed by atoms with Crippen LogP contribution in [-0.4, -0.2) is 36.3 Å². The summed E-state index contributed by atoms with van der Waals surface area (Å²) in [7, 11) is 0. The fraction of sp³-hybridized carbons (Fsp3) is 0.750. The Morgan fingerprint density at radius 1 is 0.458 bits per heavy atom. The van der Waals surface area contributed by atoms with E-state index < -0.39 is 47.7 Å². The molecule has 0 aromatic rings. The van der Waals surface area contributed by atoms with E-state index in [2.05, 4.69) is 0 Å². The summed E-state index contributed by atoms with van der Waals surface area (Å²) >= 11 is 0. The summed E-state index contributed by atoms with van der Waals surface area (Å²) in [5, 5.41) is 0. The average molecular weight is 400 g/mol. The molecular formula is C8F16. The van der Waals surface area contributed by atoms with Crippen molar-refractivity contribution < 1.29 is 70.2 Å². The van der Waals surface area contributed by atoms with Gasteiger partial charge in [0, 0.05) is 0 Å². The van der Waals surface area contributed by atoms with Gasteiger partial charge in [-0.3, -0.25) is 0 Å². The largest absolute Gasteiger partial charge is 0.457 e. The first kappa shape index (κ1) is 22.6. The molecule has 0 nitrogen and oxygen atoms in total. The van der Waals surface area contributed by atoms with Crippen LogP contribution in [0.4, 0.5) is 70.2 Å². The van der Waals surface area contributed by atoms with Crippen molar-refractivity contribution in [1.29, 1.82) is 0 Å². The van der Waals surface area contributed by atoms with E-state index in [0.29, 0.717) is 0 Å². The van der Waals surface area contributed by atoms with E-state index in [1.165, 1.54) is 0 Å². The minimum atomic E-state index is -8.11. The van der Waals surface area contributed by atoms with Gasteiger partial charge in [-0.1, -0.05) is 0 Å². The van der Waals surface area contributed by atoms with Crippen LogP contribution in [-0.2, 0) is 0 Å². The molecule has 0 amide bonds. The van der Waals surface area contributed by atoms with Crippen LogP contribution in [0.2, 0.25) is 0 Å². The third kappa shape index (κ3) is 3.50. The van der Waals surface area contributed by atoms with Crippen LogP contribution in [0.1, 0.15) is 0 Å². The van der Waals surface area contributed by atoms with Crippen LogP contribution in [0.5, 0.6) is 0 Å². The van der Waals surface area contributed by atoms with Crippen LogP contribution in [0.3, 0.4) is 0 Å². The highest BCUT2D eigenvalue weighted by molar-refractivity contribution is 5.34. The average Bonchev–Trinajstić information content (AvgIpc) is 2.21. The molecule has 0 spiro atoms. The quantitative estimate of drug-likeness (QED) is 0.514. The van der Waals surface area contributed by atoms with E-state index in [0.717, 1.165) is 0 Å². The molecular weight excluding hydrogens is 400 g/mol. The normalized spacial score (nSPS) is 19.0. The van der Waals surface area contributed by atoms with E-state index in [-0.39, 0.29) is 0 Å². The molecule has 0 radical (unpaired) electrons. The van der Waals surface area contributed by atoms with Gasteiger partial charge in [0.05, 0.1) is 0 Å². The summed E-state index contributed by atoms with van der Waals surface area (Å²) in [5.74, 6) is -13.2. The van der Waals surface area contributed by atoms with Crippen LogP contribution in [0.15, 0.2) is 11.4 Å². The van der Waals surface area contributed by atoms with E-state index >= 15 is 0 Å². The van der Waals surface area contributed by atoms with E-state index in [9.17, 15) is 70.2 Å². The first-order valence-corrected chi connectivity index (χ1v) is 4.77. The Bertz CT molecular complexity index is 494. The monoisotopic (exact) mass is 400 g/mol. The van der Waals surface area contributed by atoms with Gasteiger partial charge >= 0.3 is 36.3 Å². The smallest absolute Gasteiger partial charge is 0.221 e. The van der Waals surface area contributed by atoms with Crippen LogP contribution in [0, 0.1) is 0 Å². The lowest BCUT2D eigenvalue weighted by Crippen LogP contribution is -2.65. The zero-order chi connectivity index (χ0) is 20.2. The molecule has 1 atom stereocenters. The second-order valence-electron chi connectivity index (χ2n) is 3.91. The highest BCUT2D eigenvalue weighted by Gasteiger charge is 2.86. The Balaban J connectivity index is 7.23. The highest BCUT2D eigenvalue weighted by atomic mass is 19.4. The summed E-state index contributed by atoms with van der Waals surface area (Å²) in [5.41, 5.74) is -13.5. The topological polar surface area (TPSA) is 0 Å². The molecule has 0 heterocycles. The molecule has 0 rings (SSSR count). The maximum atomic E-state index is 13.4. The van der Waals surface area contributed by atoms with Crippen molar-refractivity contribution in [2.24, 2.45) is 0 Å². The SMILES string of the molecule is F/C(=C(/C(F)(F)F)C(F)(C(F)(F)F)C(F)(F)C(F)(F)F)C(F)(F)F. The van der Waals surface area contributed by atoms with Crippen LogP contribution < -0.4 is 0 Å². The highest BCUT2D eigenvalue weighted by Crippen LogP contribution is 2.60. The molecule has 0 aliphatic rings. The molecule has 0 aromatic heterocycles. The Morgan fingerprint density at radius 3 is 0.958 bits per heavy atom. The number of allylic oxidation sites excluding steroid dienone is 2. The molecule has 0 saturated carbocycles. The van der Waals surface area contributed by atoms with Gasteiger partial charge in [0.25, 0.3) is 0 Å². The van der Waals surface area contributed by atoms with Gasteiger partial charge in [-0.15, -0.1) is 0 Å². The summed E-state index contributed by atoms with van der Waals surface area (Å²) in [6.07, 6.45) is -30.4. The van der Waals surface area contributed by atoms with Gasteiger partial charge in [0.15, 0.2) is 0 Å². The molecule has 16 heteroatoms. The third-order valence-electron chi connectivity index (χ3n) is 2.28. The van der Waals surface area contributed by atoms with E-state index in [1.807, 2.05) is 0 Å². The van der Waals surface area contributed by atoms with Crippen LogP contribution in [0.25, 0.3) is 0 Å². The molecule has 0 bridgehead atoms. The maximum Gasteiger partial charge on any atom is 0.457 e. The predicted molar refractivity (Wildman–Crippen MR) is 41.1 cm³/mol. The molecule has 24 heavy (non-hydrogen) atoms. The van der Waals surface area contributed by atoms with Crippen molar-refractivity contribution in [3.8, 4) is 0 Å². The standard InChI is InChI=1S/C8F16/c9-2(5(14,15)16)1(4(11,12)13)3(10,7(19,20)21)6(17,18)8(22,23)24/b2-1+. The van der Waals surface area contributed by atoms with Crippen molar-refractivity contribution in [1.82, 2.24) is 0 Å². The van der Waals surface area contributed by atoms with Crippen molar-refractivity contribution >= 4 is 0 Å². The predicted octanol–water partition coefficient (Wildman–Crippen LogP) is 5.80. The number of alkyl halides is 15. The number of rotatable bonds is 2. The molecule has 0 aliphatic heterocycles. The van der Waals surface area contributed by atoms with Crippen molar-refractivity contribution in [3.63, 3.8) is 0 Å². The second-order valence-corrected chi connectivity index (χ2v) is 3.91. The fourth-order valence-electron chi connectivity index (χ4n) is 1.28. The minimum absolute atomic E-state index is 5.14.